The highest BCUT2D eigenvalue weighted by Crippen LogP contribution is 2.51. The quantitative estimate of drug-likeness (QED) is 0.237. The van der Waals surface area contributed by atoms with Crippen LogP contribution in [0.4, 0.5) is 0 Å². The Bertz CT molecular complexity index is 1440. The van der Waals surface area contributed by atoms with Gasteiger partial charge in [0.1, 0.15) is 23.4 Å². The van der Waals surface area contributed by atoms with E-state index in [0.29, 0.717) is 25.3 Å². The Balaban J connectivity index is 0.000000346. The Morgan fingerprint density at radius 3 is 2.30 bits per heavy atom. The fraction of sp³-hybridized carbons (Fsp3) is 0.622. The molecule has 3 unspecified atom stereocenters. The molecule has 47 heavy (non-hydrogen) atoms. The molecule has 1 aliphatic heterocycles. The van der Waals surface area contributed by atoms with Crippen molar-refractivity contribution in [2.75, 3.05) is 20.8 Å². The number of aryl methyl sites for hydroxylation is 1. The van der Waals surface area contributed by atoms with Crippen molar-refractivity contribution in [1.82, 2.24) is 20.5 Å². The summed E-state index contributed by atoms with van der Waals surface area (Å²) in [4.78, 5) is 53.0. The SMILES string of the molecule is CC/C=C(/OC)C1(NC(=O)C2CCCN2C(=O)[C@@H](NC=O)C(C)(C)C)CC1CC.COC(C)(C)C.Cc1ccc2c(=O)[nH]ccc2c1. The highest BCUT2D eigenvalue weighted by molar-refractivity contribution is 5.92. The van der Waals surface area contributed by atoms with Gasteiger partial charge in [-0.05, 0) is 88.3 Å². The summed E-state index contributed by atoms with van der Waals surface area (Å²) in [5.74, 6) is 0.819. The molecular weight excluding hydrogens is 596 g/mol. The second-order valence-corrected chi connectivity index (χ2v) is 14.4. The van der Waals surface area contributed by atoms with Gasteiger partial charge in [0.2, 0.25) is 18.2 Å². The Labute approximate surface area is 281 Å². The summed E-state index contributed by atoms with van der Waals surface area (Å²) in [6.07, 6.45) is 8.29. The van der Waals surface area contributed by atoms with E-state index in [0.717, 1.165) is 42.2 Å². The van der Waals surface area contributed by atoms with Crippen LogP contribution in [-0.4, -0.2) is 72.1 Å². The number of carbonyl (C=O) groups is 3. The number of H-pyrrole nitrogens is 1. The fourth-order valence-corrected chi connectivity index (χ4v) is 5.82. The zero-order chi connectivity index (χ0) is 35.6. The maximum atomic E-state index is 13.3. The number of ether oxygens (including phenoxy) is 2. The highest BCUT2D eigenvalue weighted by Gasteiger charge is 2.58. The number of rotatable bonds is 9. The minimum absolute atomic E-state index is 0.0208. The van der Waals surface area contributed by atoms with Crippen LogP contribution in [0.1, 0.15) is 93.1 Å². The van der Waals surface area contributed by atoms with Gasteiger partial charge in [0, 0.05) is 25.2 Å². The maximum Gasteiger partial charge on any atom is 0.255 e. The number of likely N-dealkylation sites (tertiary alicyclic amines) is 1. The van der Waals surface area contributed by atoms with E-state index in [1.807, 2.05) is 85.7 Å². The van der Waals surface area contributed by atoms with Crippen molar-refractivity contribution in [1.29, 1.82) is 0 Å². The van der Waals surface area contributed by atoms with E-state index in [1.165, 1.54) is 5.56 Å². The third-order valence-electron chi connectivity index (χ3n) is 8.72. The number of aromatic amines is 1. The van der Waals surface area contributed by atoms with E-state index < -0.39 is 23.0 Å². The Morgan fingerprint density at radius 2 is 1.79 bits per heavy atom. The molecule has 1 saturated carbocycles. The second kappa shape index (κ2) is 16.9. The van der Waals surface area contributed by atoms with E-state index in [9.17, 15) is 19.2 Å². The van der Waals surface area contributed by atoms with Crippen molar-refractivity contribution >= 4 is 29.0 Å². The second-order valence-electron chi connectivity index (χ2n) is 14.4. The molecule has 1 saturated heterocycles. The van der Waals surface area contributed by atoms with Crippen LogP contribution >= 0.6 is 0 Å². The van der Waals surface area contributed by atoms with Crippen LogP contribution in [0.3, 0.4) is 0 Å². The number of hydrogen-bond donors (Lipinski definition) is 3. The minimum atomic E-state index is -0.666. The number of pyridine rings is 1. The topological polar surface area (TPSA) is 130 Å². The zero-order valence-corrected chi connectivity index (χ0v) is 30.4. The van der Waals surface area contributed by atoms with Gasteiger partial charge in [0.05, 0.1) is 12.7 Å². The van der Waals surface area contributed by atoms with Crippen molar-refractivity contribution < 1.29 is 23.9 Å². The number of nitrogens with one attached hydrogen (secondary N) is 3. The van der Waals surface area contributed by atoms with Gasteiger partial charge in [-0.25, -0.2) is 0 Å². The first kappa shape index (κ1) is 39.5. The summed E-state index contributed by atoms with van der Waals surface area (Å²) in [6.45, 7) is 18.5. The molecule has 3 amide bonds. The van der Waals surface area contributed by atoms with Gasteiger partial charge in [-0.1, -0.05) is 58.7 Å². The first-order valence-corrected chi connectivity index (χ1v) is 16.7. The molecule has 1 aromatic heterocycles. The summed E-state index contributed by atoms with van der Waals surface area (Å²) in [5, 5.41) is 7.62. The largest absolute Gasteiger partial charge is 0.499 e. The molecule has 3 N–H and O–H groups in total. The molecule has 262 valence electrons. The average Bonchev–Trinajstić information content (AvgIpc) is 3.47. The molecule has 2 aliphatic rings. The summed E-state index contributed by atoms with van der Waals surface area (Å²) < 4.78 is 10.6. The highest BCUT2D eigenvalue weighted by atomic mass is 16.5. The molecule has 4 rings (SSSR count). The lowest BCUT2D eigenvalue weighted by molar-refractivity contribution is -0.143. The fourth-order valence-electron chi connectivity index (χ4n) is 5.82. The molecular formula is C37H58N4O6. The van der Waals surface area contributed by atoms with E-state index in [2.05, 4.69) is 22.5 Å². The molecule has 4 atom stereocenters. The van der Waals surface area contributed by atoms with Crippen LogP contribution in [0.2, 0.25) is 0 Å². The zero-order valence-electron chi connectivity index (χ0n) is 30.4. The van der Waals surface area contributed by atoms with Crippen molar-refractivity contribution in [3.8, 4) is 0 Å². The van der Waals surface area contributed by atoms with Gasteiger partial charge in [0.25, 0.3) is 5.56 Å². The first-order chi connectivity index (χ1) is 22.0. The number of allylic oxidation sites excluding steroid dienone is 1. The molecule has 0 radical (unpaired) electrons. The molecule has 2 aromatic rings. The van der Waals surface area contributed by atoms with Crippen molar-refractivity contribution in [2.24, 2.45) is 11.3 Å². The van der Waals surface area contributed by atoms with Gasteiger partial charge in [-0.15, -0.1) is 0 Å². The molecule has 0 bridgehead atoms. The molecule has 10 heteroatoms. The number of aromatic nitrogens is 1. The van der Waals surface area contributed by atoms with E-state index in [1.54, 1.807) is 25.3 Å². The van der Waals surface area contributed by atoms with Gasteiger partial charge >= 0.3 is 0 Å². The van der Waals surface area contributed by atoms with Crippen LogP contribution < -0.4 is 16.2 Å². The maximum absolute atomic E-state index is 13.3. The molecule has 1 aliphatic carbocycles. The molecule has 2 heterocycles. The van der Waals surface area contributed by atoms with Crippen LogP contribution in [0.5, 0.6) is 0 Å². The lowest BCUT2D eigenvalue weighted by Gasteiger charge is -2.35. The van der Waals surface area contributed by atoms with Crippen LogP contribution in [0.25, 0.3) is 10.8 Å². The van der Waals surface area contributed by atoms with Crippen LogP contribution in [0.15, 0.2) is 47.1 Å². The van der Waals surface area contributed by atoms with Gasteiger partial charge in [-0.3, -0.25) is 19.2 Å². The lowest BCUT2D eigenvalue weighted by atomic mass is 9.85. The summed E-state index contributed by atoms with van der Waals surface area (Å²) in [7, 11) is 3.35. The number of nitrogens with zero attached hydrogens (tertiary/aromatic N) is 1. The standard InChI is InChI=1S/C22H37N3O4.C10H9NO.C5H12O/c1-7-10-17(29-6)22(13-15(22)8-2)24-19(27)16-11-9-12-25(16)20(28)18(23-14-26)21(3,4)5;1-7-2-3-9-8(6-7)4-5-11-10(9)12;1-5(2,3)6-4/h10,14-16,18H,7-9,11-13H2,1-6H3,(H,23,26)(H,24,27);2-6H,1H3,(H,11,12);1-4H3/b17-10+;;/t15?,16?,18-,22?;;/m1../s1. The van der Waals surface area contributed by atoms with Crippen LogP contribution in [0, 0.1) is 18.3 Å². The number of carbonyl (C=O) groups excluding carboxylic acids is 3. The average molecular weight is 655 g/mol. The van der Waals surface area contributed by atoms with Crippen molar-refractivity contribution in [2.45, 2.75) is 118 Å². The summed E-state index contributed by atoms with van der Waals surface area (Å²) >= 11 is 0. The Kier molecular flexibility index (Phi) is 14.3. The molecule has 10 nitrogen and oxygen atoms in total. The number of amides is 3. The predicted molar refractivity (Wildman–Crippen MR) is 188 cm³/mol. The molecule has 0 spiro atoms. The monoisotopic (exact) mass is 654 g/mol. The predicted octanol–water partition coefficient (Wildman–Crippen LogP) is 5.63. The Morgan fingerprint density at radius 1 is 1.13 bits per heavy atom. The summed E-state index contributed by atoms with van der Waals surface area (Å²) in [5.41, 5.74) is 0.290. The van der Waals surface area contributed by atoms with E-state index in [-0.39, 0.29) is 23.0 Å². The van der Waals surface area contributed by atoms with Gasteiger partial charge in [-0.2, -0.15) is 0 Å². The lowest BCUT2D eigenvalue weighted by Crippen LogP contribution is -2.57. The minimum Gasteiger partial charge on any atom is -0.499 e. The van der Waals surface area contributed by atoms with Crippen LogP contribution in [-0.2, 0) is 23.9 Å². The van der Waals surface area contributed by atoms with Crippen molar-refractivity contribution in [3.05, 3.63) is 58.2 Å². The van der Waals surface area contributed by atoms with E-state index >= 15 is 0 Å². The molecule has 1 aromatic carbocycles. The first-order valence-electron chi connectivity index (χ1n) is 16.7. The van der Waals surface area contributed by atoms with Gasteiger partial charge < -0.3 is 30.0 Å². The smallest absolute Gasteiger partial charge is 0.255 e. The van der Waals surface area contributed by atoms with Gasteiger partial charge in [0.15, 0.2) is 0 Å². The summed E-state index contributed by atoms with van der Waals surface area (Å²) in [6, 6.07) is 6.52. The third-order valence-corrected chi connectivity index (χ3v) is 8.72. The number of benzene rings is 1. The number of methoxy groups -OCH3 is 2. The third kappa shape index (κ3) is 10.7. The Hall–Kier alpha value is -3.66. The normalized spacial score (nSPS) is 21.4. The van der Waals surface area contributed by atoms with E-state index in [4.69, 9.17) is 9.47 Å². The number of fused-ring (bicyclic) bond motifs is 1. The number of hydrogen-bond acceptors (Lipinski definition) is 6. The molecule has 2 fully saturated rings. The van der Waals surface area contributed by atoms with Crippen molar-refractivity contribution in [3.63, 3.8) is 0 Å².